The van der Waals surface area contributed by atoms with Crippen molar-refractivity contribution in [2.24, 2.45) is 5.73 Å². The lowest BCUT2D eigenvalue weighted by Gasteiger charge is -2.20. The summed E-state index contributed by atoms with van der Waals surface area (Å²) in [5.74, 6) is 1.52. The molecule has 0 saturated heterocycles. The van der Waals surface area contributed by atoms with Crippen LogP contribution >= 0.6 is 27.3 Å². The van der Waals surface area contributed by atoms with Crippen LogP contribution in [0.5, 0.6) is 11.5 Å². The quantitative estimate of drug-likeness (QED) is 0.910. The summed E-state index contributed by atoms with van der Waals surface area (Å²) in [7, 11) is 0. The fraction of sp³-hybridized carbons (Fsp3) is 0.308. The summed E-state index contributed by atoms with van der Waals surface area (Å²) in [5, 5.41) is 0.935. The van der Waals surface area contributed by atoms with Gasteiger partial charge >= 0.3 is 0 Å². The Bertz CT molecular complexity index is 613. The molecule has 1 aliphatic rings. The van der Waals surface area contributed by atoms with Gasteiger partial charge in [0.15, 0.2) is 11.5 Å². The SMILES string of the molecule is CC(N)c1cnc(-c2cc(Br)c3c(c2)OCCO3)s1. The molecular formula is C13H13BrN2O2S. The van der Waals surface area contributed by atoms with E-state index in [4.69, 9.17) is 15.2 Å². The summed E-state index contributed by atoms with van der Waals surface area (Å²) >= 11 is 5.11. The summed E-state index contributed by atoms with van der Waals surface area (Å²) in [4.78, 5) is 5.49. The van der Waals surface area contributed by atoms with Crippen molar-refractivity contribution in [3.05, 3.63) is 27.7 Å². The Kier molecular flexibility index (Phi) is 3.47. The molecule has 0 aliphatic carbocycles. The van der Waals surface area contributed by atoms with E-state index in [0.29, 0.717) is 13.2 Å². The number of ether oxygens (including phenoxy) is 2. The molecule has 1 aromatic carbocycles. The highest BCUT2D eigenvalue weighted by atomic mass is 79.9. The summed E-state index contributed by atoms with van der Waals surface area (Å²) in [6.45, 7) is 3.11. The number of nitrogens with zero attached hydrogens (tertiary/aromatic N) is 1. The van der Waals surface area contributed by atoms with Crippen LogP contribution in [0, 0.1) is 0 Å². The molecule has 1 aromatic heterocycles. The van der Waals surface area contributed by atoms with Crippen molar-refractivity contribution >= 4 is 27.3 Å². The molecule has 4 nitrogen and oxygen atoms in total. The van der Waals surface area contributed by atoms with E-state index in [1.54, 1.807) is 11.3 Å². The Morgan fingerprint density at radius 2 is 2.16 bits per heavy atom. The molecule has 0 radical (unpaired) electrons. The number of hydrogen-bond donors (Lipinski definition) is 1. The van der Waals surface area contributed by atoms with Gasteiger partial charge in [0.1, 0.15) is 18.2 Å². The normalized spacial score (nSPS) is 15.3. The molecule has 0 bridgehead atoms. The van der Waals surface area contributed by atoms with Crippen LogP contribution in [-0.2, 0) is 0 Å². The Labute approximate surface area is 123 Å². The molecule has 1 atom stereocenters. The second-order valence-electron chi connectivity index (χ2n) is 4.34. The van der Waals surface area contributed by atoms with Gasteiger partial charge in [-0.2, -0.15) is 0 Å². The van der Waals surface area contributed by atoms with Crippen LogP contribution in [0.4, 0.5) is 0 Å². The molecule has 1 unspecified atom stereocenters. The molecule has 2 aromatic rings. The number of hydrogen-bond acceptors (Lipinski definition) is 5. The number of nitrogens with two attached hydrogens (primary N) is 1. The zero-order valence-electron chi connectivity index (χ0n) is 10.4. The van der Waals surface area contributed by atoms with E-state index in [0.717, 1.165) is 31.4 Å². The topological polar surface area (TPSA) is 57.4 Å². The second kappa shape index (κ2) is 5.11. The smallest absolute Gasteiger partial charge is 0.175 e. The van der Waals surface area contributed by atoms with E-state index >= 15 is 0 Å². The summed E-state index contributed by atoms with van der Waals surface area (Å²) in [5.41, 5.74) is 6.87. The summed E-state index contributed by atoms with van der Waals surface area (Å²) in [6, 6.07) is 3.97. The van der Waals surface area contributed by atoms with Crippen LogP contribution in [0.25, 0.3) is 10.6 Å². The summed E-state index contributed by atoms with van der Waals surface area (Å²) in [6.07, 6.45) is 1.83. The number of rotatable bonds is 2. The molecule has 3 rings (SSSR count). The molecule has 19 heavy (non-hydrogen) atoms. The molecule has 0 saturated carbocycles. The lowest BCUT2D eigenvalue weighted by atomic mass is 10.2. The zero-order valence-corrected chi connectivity index (χ0v) is 12.8. The van der Waals surface area contributed by atoms with E-state index in [1.165, 1.54) is 0 Å². The van der Waals surface area contributed by atoms with Gasteiger partial charge in [0.2, 0.25) is 0 Å². The van der Waals surface area contributed by atoms with Crippen molar-refractivity contribution in [3.63, 3.8) is 0 Å². The lowest BCUT2D eigenvalue weighted by molar-refractivity contribution is 0.170. The molecule has 2 N–H and O–H groups in total. The van der Waals surface area contributed by atoms with Gasteiger partial charge in [0, 0.05) is 22.7 Å². The van der Waals surface area contributed by atoms with Gasteiger partial charge in [-0.3, -0.25) is 0 Å². The minimum absolute atomic E-state index is 0.00639. The van der Waals surface area contributed by atoms with Gasteiger partial charge < -0.3 is 15.2 Å². The molecule has 100 valence electrons. The largest absolute Gasteiger partial charge is 0.486 e. The third-order valence-corrected chi connectivity index (χ3v) is 4.65. The van der Waals surface area contributed by atoms with E-state index in [1.807, 2.05) is 25.3 Å². The van der Waals surface area contributed by atoms with Gasteiger partial charge in [-0.25, -0.2) is 4.98 Å². The van der Waals surface area contributed by atoms with Gasteiger partial charge in [0.25, 0.3) is 0 Å². The van der Waals surface area contributed by atoms with Crippen LogP contribution in [0.3, 0.4) is 0 Å². The zero-order chi connectivity index (χ0) is 13.4. The monoisotopic (exact) mass is 340 g/mol. The first-order chi connectivity index (χ1) is 9.15. The molecule has 0 fully saturated rings. The molecule has 0 amide bonds. The maximum atomic E-state index is 5.86. The predicted octanol–water partition coefficient (Wildman–Crippen LogP) is 3.36. The van der Waals surface area contributed by atoms with Crippen molar-refractivity contribution < 1.29 is 9.47 Å². The average Bonchev–Trinajstić information content (AvgIpc) is 2.88. The van der Waals surface area contributed by atoms with Crippen LogP contribution < -0.4 is 15.2 Å². The Morgan fingerprint density at radius 3 is 2.89 bits per heavy atom. The average molecular weight is 341 g/mol. The molecule has 6 heteroatoms. The maximum absolute atomic E-state index is 5.86. The van der Waals surface area contributed by atoms with E-state index < -0.39 is 0 Å². The Morgan fingerprint density at radius 1 is 1.37 bits per heavy atom. The fourth-order valence-corrected chi connectivity index (χ4v) is 3.28. The van der Waals surface area contributed by atoms with Gasteiger partial charge in [-0.1, -0.05) is 0 Å². The van der Waals surface area contributed by atoms with Gasteiger partial charge in [0.05, 0.1) is 4.47 Å². The summed E-state index contributed by atoms with van der Waals surface area (Å²) < 4.78 is 12.1. The van der Waals surface area contributed by atoms with Gasteiger partial charge in [-0.05, 0) is 35.0 Å². The second-order valence-corrected chi connectivity index (χ2v) is 6.26. The van der Waals surface area contributed by atoms with Crippen LogP contribution in [0.15, 0.2) is 22.8 Å². The highest BCUT2D eigenvalue weighted by Gasteiger charge is 2.18. The molecular weight excluding hydrogens is 328 g/mol. The maximum Gasteiger partial charge on any atom is 0.175 e. The van der Waals surface area contributed by atoms with E-state index in [2.05, 4.69) is 20.9 Å². The molecule has 1 aliphatic heterocycles. The highest BCUT2D eigenvalue weighted by molar-refractivity contribution is 9.10. The van der Waals surface area contributed by atoms with Crippen LogP contribution in [0.1, 0.15) is 17.8 Å². The number of aromatic nitrogens is 1. The highest BCUT2D eigenvalue weighted by Crippen LogP contribution is 2.42. The third-order valence-electron chi connectivity index (χ3n) is 2.82. The minimum atomic E-state index is 0.00639. The predicted molar refractivity (Wildman–Crippen MR) is 78.8 cm³/mol. The molecule has 0 spiro atoms. The number of benzene rings is 1. The number of halogens is 1. The van der Waals surface area contributed by atoms with Gasteiger partial charge in [-0.15, -0.1) is 11.3 Å². The van der Waals surface area contributed by atoms with Crippen LogP contribution in [-0.4, -0.2) is 18.2 Å². The van der Waals surface area contributed by atoms with Crippen molar-refractivity contribution in [1.82, 2.24) is 4.98 Å². The Balaban J connectivity index is 2.02. The standard InChI is InChI=1S/C13H13BrN2O2S/c1-7(15)11-6-16-13(19-11)8-4-9(14)12-10(5-8)17-2-3-18-12/h4-7H,2-3,15H2,1H3. The first kappa shape index (κ1) is 12.9. The van der Waals surface area contributed by atoms with Crippen molar-refractivity contribution in [2.75, 3.05) is 13.2 Å². The third kappa shape index (κ3) is 2.48. The van der Waals surface area contributed by atoms with E-state index in [-0.39, 0.29) is 6.04 Å². The van der Waals surface area contributed by atoms with Crippen molar-refractivity contribution in [2.45, 2.75) is 13.0 Å². The van der Waals surface area contributed by atoms with E-state index in [9.17, 15) is 0 Å². The van der Waals surface area contributed by atoms with Crippen molar-refractivity contribution in [1.29, 1.82) is 0 Å². The van der Waals surface area contributed by atoms with Crippen LogP contribution in [0.2, 0.25) is 0 Å². The first-order valence-corrected chi connectivity index (χ1v) is 7.57. The van der Waals surface area contributed by atoms with Crippen molar-refractivity contribution in [3.8, 4) is 22.1 Å². The Hall–Kier alpha value is -1.11. The lowest BCUT2D eigenvalue weighted by Crippen LogP contribution is -2.15. The first-order valence-electron chi connectivity index (χ1n) is 5.96. The minimum Gasteiger partial charge on any atom is -0.486 e. The molecule has 2 heterocycles. The number of fused-ring (bicyclic) bond motifs is 1. The fourth-order valence-electron chi connectivity index (χ4n) is 1.86. The number of thiazole rings is 1.